The molecule has 0 N–H and O–H groups in total. The molecule has 0 bridgehead atoms. The molecule has 0 aliphatic heterocycles. The summed E-state index contributed by atoms with van der Waals surface area (Å²) in [5.41, 5.74) is 4.46. The number of ether oxygens (including phenoxy) is 1. The Kier molecular flexibility index (Phi) is 4.77. The summed E-state index contributed by atoms with van der Waals surface area (Å²) in [6, 6.07) is 11.9. The lowest BCUT2D eigenvalue weighted by Crippen LogP contribution is -2.21. The predicted molar refractivity (Wildman–Crippen MR) is 112 cm³/mol. The van der Waals surface area contributed by atoms with E-state index < -0.39 is 0 Å². The maximum absolute atomic E-state index is 13.0. The standard InChI is InChI=1S/C21H19BrN4O2/c1-13-6-14(2)8-17(7-13)26-20-18(10-24-26)21(27)25(12-23-20)11-15-9-16(22)4-5-19(15)28-3/h4-10,12H,11H2,1-3H3. The lowest BCUT2D eigenvalue weighted by molar-refractivity contribution is 0.408. The van der Waals surface area contributed by atoms with E-state index in [1.807, 2.05) is 44.2 Å². The third-order valence-corrected chi connectivity index (χ3v) is 5.08. The van der Waals surface area contributed by atoms with E-state index in [9.17, 15) is 4.79 Å². The Morgan fingerprint density at radius 1 is 1.11 bits per heavy atom. The molecule has 0 atom stereocenters. The van der Waals surface area contributed by atoms with Crippen molar-refractivity contribution in [2.75, 3.05) is 7.11 Å². The average Bonchev–Trinajstić information content (AvgIpc) is 3.08. The Morgan fingerprint density at radius 3 is 2.57 bits per heavy atom. The molecule has 0 radical (unpaired) electrons. The molecular weight excluding hydrogens is 420 g/mol. The van der Waals surface area contributed by atoms with E-state index >= 15 is 0 Å². The van der Waals surface area contributed by atoms with Gasteiger partial charge < -0.3 is 4.74 Å². The van der Waals surface area contributed by atoms with Crippen LogP contribution in [0.25, 0.3) is 16.7 Å². The van der Waals surface area contributed by atoms with Gasteiger partial charge in [0.2, 0.25) is 0 Å². The Labute approximate surface area is 170 Å². The summed E-state index contributed by atoms with van der Waals surface area (Å²) in [6.07, 6.45) is 3.14. The Morgan fingerprint density at radius 2 is 1.86 bits per heavy atom. The molecule has 6 nitrogen and oxygen atoms in total. The van der Waals surface area contributed by atoms with Gasteiger partial charge in [0, 0.05) is 10.0 Å². The Balaban J connectivity index is 1.79. The maximum Gasteiger partial charge on any atom is 0.264 e. The summed E-state index contributed by atoms with van der Waals surface area (Å²) in [5, 5.41) is 4.90. The van der Waals surface area contributed by atoms with Crippen molar-refractivity contribution in [2.24, 2.45) is 0 Å². The quantitative estimate of drug-likeness (QED) is 0.482. The monoisotopic (exact) mass is 438 g/mol. The van der Waals surface area contributed by atoms with Crippen LogP contribution in [0.3, 0.4) is 0 Å². The summed E-state index contributed by atoms with van der Waals surface area (Å²) in [5.74, 6) is 0.723. The van der Waals surface area contributed by atoms with Crippen LogP contribution in [-0.2, 0) is 6.54 Å². The number of hydrogen-bond donors (Lipinski definition) is 0. The second kappa shape index (κ2) is 7.24. The van der Waals surface area contributed by atoms with E-state index in [1.165, 1.54) is 0 Å². The second-order valence-electron chi connectivity index (χ2n) is 6.77. The molecule has 0 amide bonds. The van der Waals surface area contributed by atoms with E-state index in [4.69, 9.17) is 4.74 Å². The molecule has 0 unspecified atom stereocenters. The van der Waals surface area contributed by atoms with Gasteiger partial charge >= 0.3 is 0 Å². The van der Waals surface area contributed by atoms with Crippen LogP contribution >= 0.6 is 15.9 Å². The molecule has 7 heteroatoms. The minimum atomic E-state index is -0.136. The smallest absolute Gasteiger partial charge is 0.264 e. The lowest BCUT2D eigenvalue weighted by atomic mass is 10.1. The third kappa shape index (κ3) is 3.33. The first-order chi connectivity index (χ1) is 13.5. The van der Waals surface area contributed by atoms with Gasteiger partial charge in [-0.2, -0.15) is 5.10 Å². The highest BCUT2D eigenvalue weighted by molar-refractivity contribution is 9.10. The summed E-state index contributed by atoms with van der Waals surface area (Å²) in [4.78, 5) is 17.5. The van der Waals surface area contributed by atoms with Gasteiger partial charge in [0.1, 0.15) is 17.5 Å². The molecule has 0 saturated heterocycles. The van der Waals surface area contributed by atoms with E-state index in [2.05, 4.69) is 32.1 Å². The van der Waals surface area contributed by atoms with Gasteiger partial charge in [0.15, 0.2) is 5.65 Å². The molecule has 142 valence electrons. The van der Waals surface area contributed by atoms with Crippen molar-refractivity contribution < 1.29 is 4.74 Å². The topological polar surface area (TPSA) is 61.9 Å². The zero-order chi connectivity index (χ0) is 19.8. The number of hydrogen-bond acceptors (Lipinski definition) is 4. The van der Waals surface area contributed by atoms with Gasteiger partial charge in [0.25, 0.3) is 5.56 Å². The number of aromatic nitrogens is 4. The minimum Gasteiger partial charge on any atom is -0.496 e. The van der Waals surface area contributed by atoms with Gasteiger partial charge in [-0.15, -0.1) is 0 Å². The van der Waals surface area contributed by atoms with Crippen molar-refractivity contribution in [3.8, 4) is 11.4 Å². The summed E-state index contributed by atoms with van der Waals surface area (Å²) >= 11 is 3.47. The van der Waals surface area contributed by atoms with Crippen molar-refractivity contribution in [1.29, 1.82) is 0 Å². The van der Waals surface area contributed by atoms with E-state index in [0.717, 1.165) is 32.6 Å². The van der Waals surface area contributed by atoms with Crippen LogP contribution in [0.15, 0.2) is 58.2 Å². The van der Waals surface area contributed by atoms with Gasteiger partial charge in [-0.05, 0) is 55.3 Å². The fourth-order valence-corrected chi connectivity index (χ4v) is 3.79. The van der Waals surface area contributed by atoms with Gasteiger partial charge in [-0.25, -0.2) is 9.67 Å². The van der Waals surface area contributed by atoms with E-state index in [1.54, 1.807) is 28.9 Å². The number of benzene rings is 2. The van der Waals surface area contributed by atoms with Crippen molar-refractivity contribution >= 4 is 27.0 Å². The van der Waals surface area contributed by atoms with Crippen molar-refractivity contribution in [3.63, 3.8) is 0 Å². The summed E-state index contributed by atoms with van der Waals surface area (Å²) in [7, 11) is 1.62. The minimum absolute atomic E-state index is 0.136. The molecule has 0 saturated carbocycles. The highest BCUT2D eigenvalue weighted by Gasteiger charge is 2.13. The van der Waals surface area contributed by atoms with Crippen LogP contribution in [-0.4, -0.2) is 26.4 Å². The van der Waals surface area contributed by atoms with E-state index in [-0.39, 0.29) is 5.56 Å². The molecule has 2 heterocycles. The normalized spacial score (nSPS) is 11.1. The van der Waals surface area contributed by atoms with Crippen molar-refractivity contribution in [1.82, 2.24) is 19.3 Å². The molecule has 0 aliphatic carbocycles. The number of aryl methyl sites for hydroxylation is 2. The molecule has 4 aromatic rings. The zero-order valence-electron chi connectivity index (χ0n) is 15.8. The first kappa shape index (κ1) is 18.4. The average molecular weight is 439 g/mol. The molecular formula is C21H19BrN4O2. The first-order valence-corrected chi connectivity index (χ1v) is 9.60. The molecule has 0 aliphatic rings. The molecule has 4 rings (SSSR count). The molecule has 28 heavy (non-hydrogen) atoms. The van der Waals surface area contributed by atoms with E-state index in [0.29, 0.717) is 17.6 Å². The van der Waals surface area contributed by atoms with Gasteiger partial charge in [-0.1, -0.05) is 22.0 Å². The SMILES string of the molecule is COc1ccc(Br)cc1Cn1cnc2c(cnn2-c2cc(C)cc(C)c2)c1=O. The number of fused-ring (bicyclic) bond motifs is 1. The highest BCUT2D eigenvalue weighted by Crippen LogP contribution is 2.24. The number of rotatable bonds is 4. The Hall–Kier alpha value is -2.93. The lowest BCUT2D eigenvalue weighted by Gasteiger charge is -2.11. The van der Waals surface area contributed by atoms with Crippen LogP contribution in [0.5, 0.6) is 5.75 Å². The third-order valence-electron chi connectivity index (χ3n) is 4.59. The number of methoxy groups -OCH3 is 1. The molecule has 0 fully saturated rings. The van der Waals surface area contributed by atoms with Crippen LogP contribution in [0.2, 0.25) is 0 Å². The second-order valence-corrected chi connectivity index (χ2v) is 7.69. The van der Waals surface area contributed by atoms with Gasteiger partial charge in [0.05, 0.1) is 25.5 Å². The first-order valence-electron chi connectivity index (χ1n) is 8.80. The van der Waals surface area contributed by atoms with Crippen molar-refractivity contribution in [3.05, 3.63) is 80.4 Å². The predicted octanol–water partition coefficient (Wildman–Crippen LogP) is 4.02. The molecule has 2 aromatic carbocycles. The van der Waals surface area contributed by atoms with Crippen LogP contribution < -0.4 is 10.3 Å². The number of halogens is 1. The highest BCUT2D eigenvalue weighted by atomic mass is 79.9. The fourth-order valence-electron chi connectivity index (χ4n) is 3.38. The zero-order valence-corrected chi connectivity index (χ0v) is 17.4. The maximum atomic E-state index is 13.0. The fraction of sp³-hybridized carbons (Fsp3) is 0.190. The molecule has 2 aromatic heterocycles. The summed E-state index contributed by atoms with van der Waals surface area (Å²) in [6.45, 7) is 4.43. The van der Waals surface area contributed by atoms with Crippen LogP contribution in [0.1, 0.15) is 16.7 Å². The van der Waals surface area contributed by atoms with Gasteiger partial charge in [-0.3, -0.25) is 9.36 Å². The number of nitrogens with zero attached hydrogens (tertiary/aromatic N) is 4. The summed E-state index contributed by atoms with van der Waals surface area (Å²) < 4.78 is 9.61. The molecule has 0 spiro atoms. The Bertz CT molecular complexity index is 1220. The van der Waals surface area contributed by atoms with Crippen LogP contribution in [0, 0.1) is 13.8 Å². The van der Waals surface area contributed by atoms with Crippen LogP contribution in [0.4, 0.5) is 0 Å². The largest absolute Gasteiger partial charge is 0.496 e. The van der Waals surface area contributed by atoms with Crippen molar-refractivity contribution in [2.45, 2.75) is 20.4 Å².